The van der Waals surface area contributed by atoms with Crippen LogP contribution in [0.15, 0.2) is 29.2 Å². The molecule has 0 aromatic heterocycles. The van der Waals surface area contributed by atoms with Gasteiger partial charge in [-0.1, -0.05) is 11.6 Å². The first-order chi connectivity index (χ1) is 6.25. The average molecular weight is 215 g/mol. The second-order valence-electron chi connectivity index (χ2n) is 3.41. The van der Waals surface area contributed by atoms with Crippen LogP contribution in [0.3, 0.4) is 0 Å². The average Bonchev–Trinajstić information content (AvgIpc) is 2.89. The van der Waals surface area contributed by atoms with Gasteiger partial charge in [0.05, 0.1) is 10.8 Å². The fraction of sp³-hybridized carbons (Fsp3) is 0.400. The van der Waals surface area contributed by atoms with Crippen LogP contribution < -0.4 is 0 Å². The Morgan fingerprint density at radius 1 is 1.31 bits per heavy atom. The van der Waals surface area contributed by atoms with Gasteiger partial charge in [-0.2, -0.15) is 0 Å². The zero-order valence-electron chi connectivity index (χ0n) is 7.20. The van der Waals surface area contributed by atoms with Gasteiger partial charge in [0.1, 0.15) is 0 Å². The smallest absolute Gasteiger partial charge is 0.0532 e. The predicted octanol–water partition coefficient (Wildman–Crippen LogP) is 2.86. The molecule has 0 radical (unpaired) electrons. The predicted molar refractivity (Wildman–Crippen MR) is 55.5 cm³/mol. The van der Waals surface area contributed by atoms with Crippen molar-refractivity contribution in [3.63, 3.8) is 0 Å². The maximum Gasteiger partial charge on any atom is 0.0532 e. The Labute approximate surface area is 85.6 Å². The third kappa shape index (κ3) is 2.55. The Bertz CT molecular complexity index is 316. The third-order valence-electron chi connectivity index (χ3n) is 2.16. The van der Waals surface area contributed by atoms with E-state index in [-0.39, 0.29) is 0 Å². The van der Waals surface area contributed by atoms with Crippen molar-refractivity contribution in [3.05, 3.63) is 29.3 Å². The zero-order chi connectivity index (χ0) is 9.26. The molecular formula is C10H11ClOS. The summed E-state index contributed by atoms with van der Waals surface area (Å²) in [6, 6.07) is 7.28. The highest BCUT2D eigenvalue weighted by Gasteiger charge is 2.24. The van der Waals surface area contributed by atoms with E-state index >= 15 is 0 Å². The summed E-state index contributed by atoms with van der Waals surface area (Å²) in [7, 11) is -0.818. The van der Waals surface area contributed by atoms with Crippen LogP contribution >= 0.6 is 11.6 Å². The van der Waals surface area contributed by atoms with Crippen LogP contribution in [0.4, 0.5) is 0 Å². The van der Waals surface area contributed by atoms with Crippen molar-refractivity contribution in [2.75, 3.05) is 5.75 Å². The molecule has 1 nitrogen and oxygen atoms in total. The molecule has 1 atom stereocenters. The van der Waals surface area contributed by atoms with Crippen molar-refractivity contribution in [2.24, 2.45) is 5.92 Å². The SMILES string of the molecule is O=S(CC1CC1)c1ccc(Cl)cc1. The van der Waals surface area contributed by atoms with Gasteiger partial charge in [0.25, 0.3) is 0 Å². The molecule has 1 unspecified atom stereocenters. The molecule has 1 aromatic carbocycles. The molecule has 0 N–H and O–H groups in total. The Hall–Kier alpha value is -0.340. The highest BCUT2D eigenvalue weighted by atomic mass is 35.5. The van der Waals surface area contributed by atoms with Gasteiger partial charge in [-0.05, 0) is 43.0 Å². The maximum absolute atomic E-state index is 11.7. The summed E-state index contributed by atoms with van der Waals surface area (Å²) in [5, 5.41) is 0.701. The van der Waals surface area contributed by atoms with Gasteiger partial charge in [0.15, 0.2) is 0 Å². The summed E-state index contributed by atoms with van der Waals surface area (Å²) in [6.07, 6.45) is 2.50. The first-order valence-electron chi connectivity index (χ1n) is 4.39. The van der Waals surface area contributed by atoms with Crippen molar-refractivity contribution in [1.82, 2.24) is 0 Å². The van der Waals surface area contributed by atoms with E-state index in [1.165, 1.54) is 12.8 Å². The fourth-order valence-corrected chi connectivity index (χ4v) is 2.70. The molecule has 0 saturated heterocycles. The number of benzene rings is 1. The molecule has 2 rings (SSSR count). The Morgan fingerprint density at radius 2 is 1.92 bits per heavy atom. The van der Waals surface area contributed by atoms with E-state index in [2.05, 4.69) is 0 Å². The minimum absolute atomic E-state index is 0.701. The lowest BCUT2D eigenvalue weighted by atomic mass is 10.4. The van der Waals surface area contributed by atoms with Crippen molar-refractivity contribution >= 4 is 22.4 Å². The van der Waals surface area contributed by atoms with Crippen LogP contribution in [0.25, 0.3) is 0 Å². The summed E-state index contributed by atoms with van der Waals surface area (Å²) in [4.78, 5) is 0.899. The summed E-state index contributed by atoms with van der Waals surface area (Å²) in [5.74, 6) is 1.53. The van der Waals surface area contributed by atoms with E-state index in [1.54, 1.807) is 12.1 Å². The summed E-state index contributed by atoms with van der Waals surface area (Å²) >= 11 is 5.74. The fourth-order valence-electron chi connectivity index (χ4n) is 1.18. The van der Waals surface area contributed by atoms with Crippen LogP contribution in [0.2, 0.25) is 5.02 Å². The van der Waals surface area contributed by atoms with E-state index < -0.39 is 10.8 Å². The number of hydrogen-bond donors (Lipinski definition) is 0. The summed E-state index contributed by atoms with van der Waals surface area (Å²) in [5.41, 5.74) is 0. The molecule has 0 heterocycles. The highest BCUT2D eigenvalue weighted by molar-refractivity contribution is 7.85. The van der Waals surface area contributed by atoms with Gasteiger partial charge < -0.3 is 0 Å². The van der Waals surface area contributed by atoms with E-state index in [9.17, 15) is 4.21 Å². The first-order valence-corrected chi connectivity index (χ1v) is 6.09. The molecule has 1 saturated carbocycles. The lowest BCUT2D eigenvalue weighted by molar-refractivity contribution is 0.680. The van der Waals surface area contributed by atoms with E-state index in [4.69, 9.17) is 11.6 Å². The minimum Gasteiger partial charge on any atom is -0.254 e. The van der Waals surface area contributed by atoms with Gasteiger partial charge >= 0.3 is 0 Å². The molecule has 0 aliphatic heterocycles. The van der Waals surface area contributed by atoms with Gasteiger partial charge in [0.2, 0.25) is 0 Å². The van der Waals surface area contributed by atoms with Crippen LogP contribution in [0, 0.1) is 5.92 Å². The van der Waals surface area contributed by atoms with Crippen LogP contribution in [0.1, 0.15) is 12.8 Å². The molecule has 70 valence electrons. The van der Waals surface area contributed by atoms with Gasteiger partial charge in [0, 0.05) is 15.7 Å². The van der Waals surface area contributed by atoms with Crippen molar-refractivity contribution < 1.29 is 4.21 Å². The van der Waals surface area contributed by atoms with Crippen molar-refractivity contribution in [1.29, 1.82) is 0 Å². The molecule has 0 bridgehead atoms. The lowest BCUT2D eigenvalue weighted by Gasteiger charge is -2.00. The standard InChI is InChI=1S/C10H11ClOS/c11-9-3-5-10(6-4-9)13(12)7-8-1-2-8/h3-6,8H,1-2,7H2. The highest BCUT2D eigenvalue weighted by Crippen LogP contribution is 2.31. The molecule has 0 spiro atoms. The largest absolute Gasteiger partial charge is 0.254 e. The monoisotopic (exact) mass is 214 g/mol. The van der Waals surface area contributed by atoms with Crippen LogP contribution in [-0.2, 0) is 10.8 Å². The number of rotatable bonds is 3. The molecule has 1 fully saturated rings. The van der Waals surface area contributed by atoms with Crippen molar-refractivity contribution in [3.8, 4) is 0 Å². The zero-order valence-corrected chi connectivity index (χ0v) is 8.77. The van der Waals surface area contributed by atoms with Crippen molar-refractivity contribution in [2.45, 2.75) is 17.7 Å². The van der Waals surface area contributed by atoms with E-state index in [0.717, 1.165) is 10.6 Å². The molecule has 1 aliphatic rings. The maximum atomic E-state index is 11.7. The lowest BCUT2D eigenvalue weighted by Crippen LogP contribution is -1.99. The molecule has 1 aliphatic carbocycles. The minimum atomic E-state index is -0.818. The second kappa shape index (κ2) is 3.81. The Morgan fingerprint density at radius 3 is 2.46 bits per heavy atom. The number of hydrogen-bond acceptors (Lipinski definition) is 1. The van der Waals surface area contributed by atoms with Gasteiger partial charge in [-0.3, -0.25) is 4.21 Å². The molecule has 1 aromatic rings. The molecule has 3 heteroatoms. The first kappa shape index (κ1) is 9.22. The quantitative estimate of drug-likeness (QED) is 0.756. The second-order valence-corrected chi connectivity index (χ2v) is 5.34. The molecular weight excluding hydrogens is 204 g/mol. The van der Waals surface area contributed by atoms with Gasteiger partial charge in [-0.15, -0.1) is 0 Å². The topological polar surface area (TPSA) is 17.1 Å². The third-order valence-corrected chi connectivity index (χ3v) is 3.98. The normalized spacial score (nSPS) is 18.5. The van der Waals surface area contributed by atoms with Crippen LogP contribution in [0.5, 0.6) is 0 Å². The summed E-state index contributed by atoms with van der Waals surface area (Å²) < 4.78 is 11.7. The molecule has 0 amide bonds. The Kier molecular flexibility index (Phi) is 2.70. The number of halogens is 1. The van der Waals surface area contributed by atoms with Gasteiger partial charge in [-0.25, -0.2) is 0 Å². The molecule has 13 heavy (non-hydrogen) atoms. The van der Waals surface area contributed by atoms with Crippen LogP contribution in [-0.4, -0.2) is 9.96 Å². The summed E-state index contributed by atoms with van der Waals surface area (Å²) in [6.45, 7) is 0. The van der Waals surface area contributed by atoms with E-state index in [0.29, 0.717) is 10.9 Å². The Balaban J connectivity index is 2.05. The van der Waals surface area contributed by atoms with E-state index in [1.807, 2.05) is 12.1 Å².